The van der Waals surface area contributed by atoms with Gasteiger partial charge < -0.3 is 10.2 Å². The maximum atomic E-state index is 14.2. The average molecular weight is 644 g/mol. The number of halogens is 8. The molecule has 0 unspecified atom stereocenters. The number of hydrogen-bond donors (Lipinski definition) is 2. The maximum absolute atomic E-state index is 14.2. The molecule has 0 radical (unpaired) electrons. The number of amides is 2. The van der Waals surface area contributed by atoms with Crippen LogP contribution in [-0.4, -0.2) is 71.6 Å². The first-order valence-electron chi connectivity index (χ1n) is 13.0. The number of benzene rings is 1. The fraction of sp³-hybridized carbons (Fsp3) is 0.560. The normalized spacial score (nSPS) is 23.0. The van der Waals surface area contributed by atoms with E-state index in [2.05, 4.69) is 15.7 Å². The third-order valence-corrected chi connectivity index (χ3v) is 10.5. The summed E-state index contributed by atoms with van der Waals surface area (Å²) in [6.07, 6.45) is -9.57. The Kier molecular flexibility index (Phi) is 7.34. The summed E-state index contributed by atoms with van der Waals surface area (Å²) in [5.41, 5.74) is -5.78. The maximum Gasteiger partial charge on any atom is 0.417 e. The van der Waals surface area contributed by atoms with Crippen molar-refractivity contribution in [3.05, 3.63) is 36.2 Å². The molecule has 2 aliphatic carbocycles. The van der Waals surface area contributed by atoms with Gasteiger partial charge in [-0.3, -0.25) is 14.9 Å². The summed E-state index contributed by atoms with van der Waals surface area (Å²) in [5.74, 6) is -2.44. The molecule has 3 fully saturated rings. The Morgan fingerprint density at radius 1 is 1.05 bits per heavy atom. The molecule has 18 heteroatoms. The topological polar surface area (TPSA) is 113 Å². The summed E-state index contributed by atoms with van der Waals surface area (Å²) in [6, 6.07) is 0.315. The van der Waals surface area contributed by atoms with E-state index in [1.54, 1.807) is 0 Å². The molecule has 2 amide bonds. The number of carbonyl (C=O) groups excluding carboxylic acids is 2. The van der Waals surface area contributed by atoms with Crippen molar-refractivity contribution >= 4 is 21.7 Å². The van der Waals surface area contributed by atoms with Crippen LogP contribution in [0, 0.1) is 5.41 Å². The van der Waals surface area contributed by atoms with Gasteiger partial charge >= 0.3 is 18.9 Å². The molecule has 0 bridgehead atoms. The molecule has 1 aromatic heterocycles. The Morgan fingerprint density at radius 3 is 2.19 bits per heavy atom. The lowest BCUT2D eigenvalue weighted by atomic mass is 10.0. The van der Waals surface area contributed by atoms with Crippen LogP contribution in [0.3, 0.4) is 0 Å². The van der Waals surface area contributed by atoms with Crippen molar-refractivity contribution in [2.45, 2.75) is 72.9 Å². The molecule has 2 saturated carbocycles. The van der Waals surface area contributed by atoms with Gasteiger partial charge in [-0.15, -0.1) is 0 Å². The Bertz CT molecular complexity index is 1550. The zero-order valence-electron chi connectivity index (χ0n) is 22.3. The second kappa shape index (κ2) is 10.1. The summed E-state index contributed by atoms with van der Waals surface area (Å²) < 4.78 is 137. The first-order chi connectivity index (χ1) is 19.8. The van der Waals surface area contributed by atoms with E-state index in [4.69, 9.17) is 0 Å². The van der Waals surface area contributed by atoms with Gasteiger partial charge in [-0.05, 0) is 56.8 Å². The molecule has 1 saturated heterocycles. The van der Waals surface area contributed by atoms with Crippen molar-refractivity contribution in [3.8, 4) is 11.1 Å². The third-order valence-electron chi connectivity index (χ3n) is 8.28. The van der Waals surface area contributed by atoms with Crippen LogP contribution in [-0.2, 0) is 25.6 Å². The summed E-state index contributed by atoms with van der Waals surface area (Å²) in [7, 11) is -3.50. The summed E-state index contributed by atoms with van der Waals surface area (Å²) in [6.45, 7) is -4.02. The van der Waals surface area contributed by atoms with Crippen molar-refractivity contribution in [1.29, 1.82) is 0 Å². The van der Waals surface area contributed by atoms with Crippen LogP contribution in [0.1, 0.15) is 44.2 Å². The molecule has 5 rings (SSSR count). The first-order valence-corrected chi connectivity index (χ1v) is 14.6. The van der Waals surface area contributed by atoms with Crippen LogP contribution in [0.2, 0.25) is 0 Å². The summed E-state index contributed by atoms with van der Waals surface area (Å²) in [4.78, 5) is 25.7. The van der Waals surface area contributed by atoms with Gasteiger partial charge in [0.15, 0.2) is 9.84 Å². The fourth-order valence-electron chi connectivity index (χ4n) is 5.35. The smallest absolute Gasteiger partial charge is 0.336 e. The van der Waals surface area contributed by atoms with E-state index in [0.717, 1.165) is 18.5 Å². The van der Waals surface area contributed by atoms with E-state index in [1.807, 2.05) is 0 Å². The van der Waals surface area contributed by atoms with Crippen LogP contribution in [0.25, 0.3) is 11.1 Å². The van der Waals surface area contributed by atoms with Gasteiger partial charge in [-0.2, -0.15) is 40.2 Å². The minimum Gasteiger partial charge on any atom is -0.336 e. The highest BCUT2D eigenvalue weighted by Gasteiger charge is 2.70. The van der Waals surface area contributed by atoms with Crippen molar-refractivity contribution < 1.29 is 53.1 Å². The number of nitrogens with zero attached hydrogens (tertiary/aromatic N) is 3. The van der Waals surface area contributed by atoms with E-state index in [1.165, 1.54) is 7.05 Å². The lowest BCUT2D eigenvalue weighted by Gasteiger charge is -2.30. The van der Waals surface area contributed by atoms with Crippen molar-refractivity contribution in [1.82, 2.24) is 25.3 Å². The van der Waals surface area contributed by atoms with Gasteiger partial charge in [0.25, 0.3) is 0 Å². The fourth-order valence-corrected chi connectivity index (χ4v) is 7.24. The predicted molar refractivity (Wildman–Crippen MR) is 132 cm³/mol. The van der Waals surface area contributed by atoms with Gasteiger partial charge in [0.1, 0.15) is 11.5 Å². The molecule has 1 aromatic carbocycles. The molecule has 2 heterocycles. The van der Waals surface area contributed by atoms with E-state index >= 15 is 0 Å². The lowest BCUT2D eigenvalue weighted by molar-refractivity contribution is -0.199. The minimum atomic E-state index is -5.26. The molecule has 3 aliphatic rings. The van der Waals surface area contributed by atoms with Crippen LogP contribution >= 0.6 is 0 Å². The highest BCUT2D eigenvalue weighted by molar-refractivity contribution is 7.92. The largest absolute Gasteiger partial charge is 0.417 e. The Morgan fingerprint density at radius 2 is 1.70 bits per heavy atom. The van der Waals surface area contributed by atoms with Crippen LogP contribution < -0.4 is 10.6 Å². The van der Waals surface area contributed by atoms with Crippen LogP contribution in [0.15, 0.2) is 35.5 Å². The predicted octanol–water partition coefficient (Wildman–Crippen LogP) is 3.88. The van der Waals surface area contributed by atoms with E-state index < -0.39 is 99.2 Å². The Balaban J connectivity index is 1.51. The van der Waals surface area contributed by atoms with E-state index in [9.17, 15) is 53.1 Å². The number of hydrogen-bond acceptors (Lipinski definition) is 6. The highest BCUT2D eigenvalue weighted by Crippen LogP contribution is 2.59. The average Bonchev–Trinajstić information content (AvgIpc) is 3.79. The molecule has 9 nitrogen and oxygen atoms in total. The molecule has 2 aromatic rings. The number of carbonyl (C=O) groups is 2. The summed E-state index contributed by atoms with van der Waals surface area (Å²) in [5, 5.41) is 6.91. The first kappa shape index (κ1) is 31.2. The molecule has 0 spiro atoms. The zero-order chi connectivity index (χ0) is 31.8. The zero-order valence-corrected chi connectivity index (χ0v) is 23.1. The number of likely N-dealkylation sites (tertiary alicyclic amines) is 1. The Hall–Kier alpha value is -3.28. The van der Waals surface area contributed by atoms with Gasteiger partial charge in [-0.1, -0.05) is 6.07 Å². The van der Waals surface area contributed by atoms with Gasteiger partial charge in [0.2, 0.25) is 11.8 Å². The molecule has 2 N–H and O–H groups in total. The van der Waals surface area contributed by atoms with Crippen molar-refractivity contribution in [2.24, 2.45) is 5.41 Å². The molecule has 2 atom stereocenters. The number of nitrogens with one attached hydrogen (secondary N) is 2. The monoisotopic (exact) mass is 643 g/mol. The van der Waals surface area contributed by atoms with Crippen LogP contribution in [0.4, 0.5) is 35.1 Å². The molecule has 236 valence electrons. The second-order valence-corrected chi connectivity index (χ2v) is 13.2. The molecule has 1 aliphatic heterocycles. The Labute approximate surface area is 239 Å². The number of rotatable bonds is 8. The SMILES string of the molecule is CNC1(NC(=O)[C@@H]2C[C@@H](S(=O)(=O)c3ccc(-c4cnn(C(F)F)c4)cc3C(F)(F)F)CN2C(=O)C2(C(F)(F)F)CC2)CC1. The quantitative estimate of drug-likeness (QED) is 0.334. The van der Waals surface area contributed by atoms with E-state index in [0.29, 0.717) is 29.9 Å². The second-order valence-electron chi connectivity index (χ2n) is 11.0. The third kappa shape index (κ3) is 5.47. The van der Waals surface area contributed by atoms with E-state index in [-0.39, 0.29) is 15.8 Å². The number of aromatic nitrogens is 2. The lowest BCUT2D eigenvalue weighted by Crippen LogP contribution is -2.55. The van der Waals surface area contributed by atoms with Gasteiger partial charge in [0.05, 0.1) is 27.6 Å². The minimum absolute atomic E-state index is 0.162. The van der Waals surface area contributed by atoms with Crippen molar-refractivity contribution in [3.63, 3.8) is 0 Å². The van der Waals surface area contributed by atoms with Crippen molar-refractivity contribution in [2.75, 3.05) is 13.6 Å². The standard InChI is InChI=1S/C25H25F8N5O4S/c1-34-23(6-7-23)36-19(39)17-9-15(12-37(17)20(40)22(4-5-22)25(31,32)33)43(41,42)18-3-2-13(8-16(18)24(28,29)30)14-10-35-38(11-14)21(26)27/h2-3,8,10-11,15,17,21,34H,4-7,9,12H2,1H3,(H,36,39)/t15-,17+/m1/s1. The molecular formula is C25H25F8N5O4S. The highest BCUT2D eigenvalue weighted by atomic mass is 32.2. The number of alkyl halides is 8. The molecular weight excluding hydrogens is 618 g/mol. The van der Waals surface area contributed by atoms with Crippen LogP contribution in [0.5, 0.6) is 0 Å². The van der Waals surface area contributed by atoms with Gasteiger partial charge in [-0.25, -0.2) is 13.1 Å². The van der Waals surface area contributed by atoms with Gasteiger partial charge in [0, 0.05) is 18.3 Å². The summed E-state index contributed by atoms with van der Waals surface area (Å²) >= 11 is 0. The number of sulfone groups is 1. The molecule has 43 heavy (non-hydrogen) atoms.